The van der Waals surface area contributed by atoms with E-state index in [9.17, 15) is 0 Å². The summed E-state index contributed by atoms with van der Waals surface area (Å²) in [6.45, 7) is 29.7. The maximum atomic E-state index is 6.68. The van der Waals surface area contributed by atoms with Crippen LogP contribution in [0.2, 0.25) is 39.3 Å². The lowest BCUT2D eigenvalue weighted by Gasteiger charge is -2.46. The second-order valence-corrected chi connectivity index (χ2v) is 20.0. The molecule has 5 heteroatoms. The SMILES string of the molecule is C=C[Si](C)(C)OC(=C)[Si](C)(C)OC(C)(CC)[Si](C)(C)C=C. The lowest BCUT2D eigenvalue weighted by atomic mass is 10.3. The van der Waals surface area contributed by atoms with Crippen molar-refractivity contribution in [3.63, 3.8) is 0 Å². The van der Waals surface area contributed by atoms with E-state index >= 15 is 0 Å². The van der Waals surface area contributed by atoms with Gasteiger partial charge >= 0.3 is 0 Å². The minimum Gasteiger partial charge on any atom is -0.545 e. The largest absolute Gasteiger partial charge is 0.545 e. The smallest absolute Gasteiger partial charge is 0.268 e. The minimum absolute atomic E-state index is 0.142. The van der Waals surface area contributed by atoms with Gasteiger partial charge in [0.05, 0.1) is 5.38 Å². The molecule has 0 fully saturated rings. The van der Waals surface area contributed by atoms with Crippen LogP contribution in [0.25, 0.3) is 0 Å². The highest BCUT2D eigenvalue weighted by Gasteiger charge is 2.46. The van der Waals surface area contributed by atoms with Gasteiger partial charge in [-0.2, -0.15) is 0 Å². The monoisotopic (exact) mass is 342 g/mol. The average Bonchev–Trinajstić information content (AvgIpc) is 2.37. The van der Waals surface area contributed by atoms with Gasteiger partial charge in [-0.15, -0.1) is 13.2 Å². The zero-order valence-corrected chi connectivity index (χ0v) is 18.3. The van der Waals surface area contributed by atoms with Crippen LogP contribution in [0.4, 0.5) is 0 Å². The molecule has 0 rings (SSSR count). The molecule has 0 saturated heterocycles. The van der Waals surface area contributed by atoms with Crippen LogP contribution in [0, 0.1) is 0 Å². The molecule has 0 bridgehead atoms. The van der Waals surface area contributed by atoms with Crippen molar-refractivity contribution in [2.24, 2.45) is 0 Å². The quantitative estimate of drug-likeness (QED) is 0.415. The van der Waals surface area contributed by atoms with Crippen LogP contribution in [0.5, 0.6) is 0 Å². The van der Waals surface area contributed by atoms with Crippen molar-refractivity contribution >= 4 is 24.7 Å². The Hall–Kier alpha value is -0.369. The summed E-state index contributed by atoms with van der Waals surface area (Å²) in [6.07, 6.45) is 0.976. The molecule has 0 aliphatic rings. The molecule has 0 radical (unpaired) electrons. The van der Waals surface area contributed by atoms with E-state index in [0.29, 0.717) is 0 Å². The van der Waals surface area contributed by atoms with Crippen molar-refractivity contribution in [1.82, 2.24) is 0 Å². The maximum Gasteiger partial charge on any atom is 0.268 e. The summed E-state index contributed by atoms with van der Waals surface area (Å²) in [5.74, 6) is 0. The van der Waals surface area contributed by atoms with Gasteiger partial charge in [0, 0.05) is 5.22 Å². The molecule has 0 amide bonds. The van der Waals surface area contributed by atoms with Crippen LogP contribution in [-0.4, -0.2) is 29.9 Å². The molecule has 0 aliphatic heterocycles. The maximum absolute atomic E-state index is 6.68. The summed E-state index contributed by atoms with van der Waals surface area (Å²) in [5, 5.41) is 0.684. The Morgan fingerprint density at radius 3 is 1.86 bits per heavy atom. The Morgan fingerprint density at radius 2 is 1.52 bits per heavy atom. The van der Waals surface area contributed by atoms with Gasteiger partial charge in [-0.1, -0.05) is 38.0 Å². The third-order valence-electron chi connectivity index (χ3n) is 4.58. The zero-order valence-electron chi connectivity index (χ0n) is 15.3. The summed E-state index contributed by atoms with van der Waals surface area (Å²) in [7, 11) is -5.72. The van der Waals surface area contributed by atoms with Gasteiger partial charge in [-0.05, 0) is 39.5 Å². The second-order valence-electron chi connectivity index (χ2n) is 7.46. The molecule has 0 N–H and O–H groups in total. The van der Waals surface area contributed by atoms with Crippen LogP contribution in [0.1, 0.15) is 20.3 Å². The van der Waals surface area contributed by atoms with E-state index in [4.69, 9.17) is 8.85 Å². The Balaban J connectivity index is 5.30. The summed E-state index contributed by atoms with van der Waals surface area (Å²) < 4.78 is 12.8. The lowest BCUT2D eigenvalue weighted by Crippen LogP contribution is -2.58. The van der Waals surface area contributed by atoms with E-state index < -0.39 is 24.7 Å². The number of hydrogen-bond donors (Lipinski definition) is 0. The van der Waals surface area contributed by atoms with Gasteiger partial charge in [-0.25, -0.2) is 0 Å². The van der Waals surface area contributed by atoms with E-state index in [1.54, 1.807) is 0 Å². The van der Waals surface area contributed by atoms with E-state index in [-0.39, 0.29) is 5.22 Å². The van der Waals surface area contributed by atoms with Gasteiger partial charge in [0.1, 0.15) is 8.07 Å². The van der Waals surface area contributed by atoms with E-state index in [1.807, 2.05) is 5.70 Å². The fourth-order valence-electron chi connectivity index (χ4n) is 1.98. The topological polar surface area (TPSA) is 18.5 Å². The molecule has 1 atom stereocenters. The van der Waals surface area contributed by atoms with Crippen LogP contribution < -0.4 is 0 Å². The summed E-state index contributed by atoms with van der Waals surface area (Å²) in [6, 6.07) is 0. The molecule has 0 aromatic heterocycles. The van der Waals surface area contributed by atoms with Crippen molar-refractivity contribution in [3.8, 4) is 0 Å². The van der Waals surface area contributed by atoms with Crippen LogP contribution in [0.3, 0.4) is 0 Å². The van der Waals surface area contributed by atoms with Crippen molar-refractivity contribution in [1.29, 1.82) is 0 Å². The molecule has 0 aromatic carbocycles. The third kappa shape index (κ3) is 5.09. The minimum atomic E-state index is -2.16. The first-order chi connectivity index (χ1) is 9.27. The van der Waals surface area contributed by atoms with Gasteiger partial charge < -0.3 is 8.85 Å². The van der Waals surface area contributed by atoms with Crippen molar-refractivity contribution < 1.29 is 8.85 Å². The molecule has 0 saturated carbocycles. The van der Waals surface area contributed by atoms with Gasteiger partial charge in [-0.3, -0.25) is 0 Å². The molecule has 21 heavy (non-hydrogen) atoms. The highest BCUT2D eigenvalue weighted by atomic mass is 28.4. The fourth-order valence-corrected chi connectivity index (χ4v) is 9.01. The van der Waals surface area contributed by atoms with Gasteiger partial charge in [0.25, 0.3) is 16.6 Å². The van der Waals surface area contributed by atoms with E-state index in [1.165, 1.54) is 0 Å². The average molecular weight is 343 g/mol. The fraction of sp³-hybridized carbons (Fsp3) is 0.625. The lowest BCUT2D eigenvalue weighted by molar-refractivity contribution is 0.148. The molecule has 0 heterocycles. The van der Waals surface area contributed by atoms with E-state index in [2.05, 4.69) is 78.6 Å². The second kappa shape index (κ2) is 6.81. The summed E-state index contributed by atoms with van der Waals surface area (Å²) >= 11 is 0. The number of rotatable bonds is 9. The molecule has 0 aliphatic carbocycles. The Bertz CT molecular complexity index is 414. The standard InChI is InChI=1S/C16H34O2Si3/c1-12-16(5,19(6,7)13-2)18-21(10,11)15(4)17-20(8,9)14-3/h13-14H,2-4,12H2,1,5-11H3. The van der Waals surface area contributed by atoms with Gasteiger partial charge in [0.2, 0.25) is 0 Å². The molecule has 2 nitrogen and oxygen atoms in total. The first kappa shape index (κ1) is 20.6. The zero-order chi connectivity index (χ0) is 17.1. The molecular weight excluding hydrogens is 308 g/mol. The Labute approximate surface area is 135 Å². The highest BCUT2D eigenvalue weighted by molar-refractivity contribution is 6.87. The molecule has 122 valence electrons. The number of hydrogen-bond acceptors (Lipinski definition) is 2. The molecular formula is C16H34O2Si3. The predicted molar refractivity (Wildman–Crippen MR) is 103 cm³/mol. The van der Waals surface area contributed by atoms with Crippen LogP contribution >= 0.6 is 0 Å². The van der Waals surface area contributed by atoms with Crippen molar-refractivity contribution in [2.75, 3.05) is 0 Å². The normalized spacial score (nSPS) is 16.0. The van der Waals surface area contributed by atoms with Gasteiger partial charge in [0.15, 0.2) is 0 Å². The highest BCUT2D eigenvalue weighted by Crippen LogP contribution is 2.34. The Morgan fingerprint density at radius 1 is 1.05 bits per heavy atom. The van der Waals surface area contributed by atoms with Crippen LogP contribution in [-0.2, 0) is 8.85 Å². The molecule has 0 spiro atoms. The van der Waals surface area contributed by atoms with Crippen molar-refractivity contribution in [2.45, 2.75) is 64.8 Å². The van der Waals surface area contributed by atoms with E-state index in [0.717, 1.165) is 11.8 Å². The predicted octanol–water partition coefficient (Wildman–Crippen LogP) is 5.35. The van der Waals surface area contributed by atoms with Crippen molar-refractivity contribution in [3.05, 3.63) is 36.5 Å². The first-order valence-corrected chi connectivity index (χ1v) is 16.6. The summed E-state index contributed by atoms with van der Waals surface area (Å²) in [5.41, 5.74) is 4.05. The third-order valence-corrected chi connectivity index (χ3v) is 13.3. The summed E-state index contributed by atoms with van der Waals surface area (Å²) in [4.78, 5) is 0. The Kier molecular flexibility index (Phi) is 6.69. The molecule has 1 unspecified atom stereocenters. The van der Waals surface area contributed by atoms with Crippen LogP contribution in [0.15, 0.2) is 36.5 Å². The first-order valence-electron chi connectivity index (χ1n) is 7.62. The molecule has 0 aromatic rings.